The van der Waals surface area contributed by atoms with Crippen molar-refractivity contribution in [1.29, 1.82) is 0 Å². The zero-order valence-electron chi connectivity index (χ0n) is 13.8. The smallest absolute Gasteiger partial charge is 0.0580 e. The van der Waals surface area contributed by atoms with Crippen LogP contribution in [-0.2, 0) is 18.2 Å². The van der Waals surface area contributed by atoms with E-state index in [-0.39, 0.29) is 0 Å². The van der Waals surface area contributed by atoms with E-state index >= 15 is 0 Å². The quantitative estimate of drug-likeness (QED) is 0.721. The van der Waals surface area contributed by atoms with E-state index in [9.17, 15) is 0 Å². The largest absolute Gasteiger partial charge is 0.378 e. The molecule has 1 aromatic heterocycles. The van der Waals surface area contributed by atoms with E-state index in [2.05, 4.69) is 30.3 Å². The van der Waals surface area contributed by atoms with Gasteiger partial charge in [-0.05, 0) is 64.0 Å². The second-order valence-electron chi connectivity index (χ2n) is 6.29. The second kappa shape index (κ2) is 8.54. The molecule has 0 radical (unpaired) electrons. The van der Waals surface area contributed by atoms with E-state index in [1.165, 1.54) is 37.8 Å². The number of hydrogen-bond acceptors (Lipinski definition) is 3. The third-order valence-corrected chi connectivity index (χ3v) is 4.57. The Hall–Kier alpha value is -0.870. The summed E-state index contributed by atoms with van der Waals surface area (Å²) in [6.45, 7) is 6.31. The van der Waals surface area contributed by atoms with Crippen LogP contribution in [0.5, 0.6) is 0 Å². The molecule has 1 aliphatic carbocycles. The fourth-order valence-electron chi connectivity index (χ4n) is 3.26. The van der Waals surface area contributed by atoms with Crippen molar-refractivity contribution in [3.8, 4) is 0 Å². The molecule has 4 heteroatoms. The van der Waals surface area contributed by atoms with E-state index in [4.69, 9.17) is 4.74 Å². The Balaban J connectivity index is 1.74. The lowest BCUT2D eigenvalue weighted by atomic mass is 9.77. The van der Waals surface area contributed by atoms with Crippen molar-refractivity contribution in [2.24, 2.45) is 13.0 Å². The molecule has 0 amide bonds. The third-order valence-electron chi connectivity index (χ3n) is 4.57. The molecule has 0 aliphatic heterocycles. The number of nitrogens with zero attached hydrogens (tertiary/aromatic N) is 2. The molecule has 1 N–H and O–H groups in total. The lowest BCUT2D eigenvalue weighted by Gasteiger charge is -2.37. The van der Waals surface area contributed by atoms with Gasteiger partial charge in [0.05, 0.1) is 6.10 Å². The standard InChI is InChI=1S/C17H31N3O/c1-4-9-18-15(6-7-16-8-10-19-20(16)3)11-14-12-17(13-14)21-5-2/h8,10,14-15,17-18H,4-7,9,11-13H2,1-3H3. The van der Waals surface area contributed by atoms with Crippen molar-refractivity contribution in [1.82, 2.24) is 15.1 Å². The van der Waals surface area contributed by atoms with Gasteiger partial charge in [-0.25, -0.2) is 0 Å². The number of rotatable bonds is 10. The van der Waals surface area contributed by atoms with Crippen LogP contribution in [0.15, 0.2) is 12.3 Å². The molecule has 0 spiro atoms. The van der Waals surface area contributed by atoms with Crippen LogP contribution in [0.2, 0.25) is 0 Å². The Bertz CT molecular complexity index is 398. The number of nitrogens with one attached hydrogen (secondary N) is 1. The fourth-order valence-corrected chi connectivity index (χ4v) is 3.26. The van der Waals surface area contributed by atoms with Crippen molar-refractivity contribution in [2.45, 2.75) is 64.5 Å². The Labute approximate surface area is 129 Å². The van der Waals surface area contributed by atoms with E-state index in [1.54, 1.807) is 0 Å². The molecule has 1 saturated carbocycles. The molecular formula is C17H31N3O. The average Bonchev–Trinajstić information content (AvgIpc) is 2.84. The summed E-state index contributed by atoms with van der Waals surface area (Å²) in [7, 11) is 2.03. The number of aromatic nitrogens is 2. The molecule has 4 nitrogen and oxygen atoms in total. The summed E-state index contributed by atoms with van der Waals surface area (Å²) in [5, 5.41) is 7.98. The van der Waals surface area contributed by atoms with Crippen molar-refractivity contribution < 1.29 is 4.74 Å². The summed E-state index contributed by atoms with van der Waals surface area (Å²) >= 11 is 0. The van der Waals surface area contributed by atoms with Crippen LogP contribution in [0.4, 0.5) is 0 Å². The van der Waals surface area contributed by atoms with Crippen LogP contribution in [0.25, 0.3) is 0 Å². The minimum absolute atomic E-state index is 0.531. The van der Waals surface area contributed by atoms with Gasteiger partial charge in [0.25, 0.3) is 0 Å². The van der Waals surface area contributed by atoms with Crippen molar-refractivity contribution in [3.63, 3.8) is 0 Å². The number of aryl methyl sites for hydroxylation is 2. The van der Waals surface area contributed by atoms with Gasteiger partial charge in [0.2, 0.25) is 0 Å². The summed E-state index contributed by atoms with van der Waals surface area (Å²) in [5.41, 5.74) is 1.33. The Morgan fingerprint density at radius 2 is 2.24 bits per heavy atom. The SMILES string of the molecule is CCCNC(CCc1ccnn1C)CC1CC(OCC)C1. The molecule has 1 aromatic rings. The Morgan fingerprint density at radius 3 is 2.86 bits per heavy atom. The molecule has 1 aliphatic rings. The molecule has 1 atom stereocenters. The van der Waals surface area contributed by atoms with Crippen LogP contribution in [0.1, 0.15) is 51.6 Å². The maximum atomic E-state index is 5.67. The van der Waals surface area contributed by atoms with Crippen molar-refractivity contribution >= 4 is 0 Å². The van der Waals surface area contributed by atoms with Crippen molar-refractivity contribution in [3.05, 3.63) is 18.0 Å². The molecule has 2 rings (SSSR count). The minimum Gasteiger partial charge on any atom is -0.378 e. The molecule has 1 heterocycles. The maximum Gasteiger partial charge on any atom is 0.0580 e. The second-order valence-corrected chi connectivity index (χ2v) is 6.29. The molecule has 1 unspecified atom stereocenters. The predicted molar refractivity (Wildman–Crippen MR) is 86.4 cm³/mol. The topological polar surface area (TPSA) is 39.1 Å². The summed E-state index contributed by atoms with van der Waals surface area (Å²) in [6.07, 6.45) is 9.74. The van der Waals surface area contributed by atoms with Gasteiger partial charge in [-0.3, -0.25) is 4.68 Å². The Kier molecular flexibility index (Phi) is 6.71. The molecule has 0 bridgehead atoms. The lowest BCUT2D eigenvalue weighted by molar-refractivity contribution is -0.0292. The fraction of sp³-hybridized carbons (Fsp3) is 0.824. The highest BCUT2D eigenvalue weighted by Gasteiger charge is 2.31. The minimum atomic E-state index is 0.531. The van der Waals surface area contributed by atoms with Gasteiger partial charge in [-0.15, -0.1) is 0 Å². The maximum absolute atomic E-state index is 5.67. The third kappa shape index (κ3) is 5.11. The molecule has 0 saturated heterocycles. The van der Waals surface area contributed by atoms with E-state index in [0.29, 0.717) is 12.1 Å². The van der Waals surface area contributed by atoms with Gasteiger partial charge in [0.15, 0.2) is 0 Å². The average molecular weight is 293 g/mol. The van der Waals surface area contributed by atoms with E-state index in [0.717, 1.165) is 25.5 Å². The highest BCUT2D eigenvalue weighted by atomic mass is 16.5. The lowest BCUT2D eigenvalue weighted by Crippen LogP contribution is -2.38. The highest BCUT2D eigenvalue weighted by Crippen LogP contribution is 2.34. The first-order valence-electron chi connectivity index (χ1n) is 8.54. The van der Waals surface area contributed by atoms with Gasteiger partial charge in [-0.2, -0.15) is 5.10 Å². The molecule has 21 heavy (non-hydrogen) atoms. The summed E-state index contributed by atoms with van der Waals surface area (Å²) in [5.74, 6) is 0.849. The van der Waals surface area contributed by atoms with Crippen molar-refractivity contribution in [2.75, 3.05) is 13.2 Å². The number of hydrogen-bond donors (Lipinski definition) is 1. The van der Waals surface area contributed by atoms with Gasteiger partial charge in [0.1, 0.15) is 0 Å². The monoisotopic (exact) mass is 293 g/mol. The summed E-state index contributed by atoms with van der Waals surface area (Å²) < 4.78 is 7.66. The Morgan fingerprint density at radius 1 is 1.43 bits per heavy atom. The molecular weight excluding hydrogens is 262 g/mol. The first-order valence-corrected chi connectivity index (χ1v) is 8.54. The van der Waals surface area contributed by atoms with Gasteiger partial charge in [-0.1, -0.05) is 6.92 Å². The summed E-state index contributed by atoms with van der Waals surface area (Å²) in [6, 6.07) is 2.76. The van der Waals surface area contributed by atoms with Gasteiger partial charge < -0.3 is 10.1 Å². The van der Waals surface area contributed by atoms with Crippen LogP contribution < -0.4 is 5.32 Å². The summed E-state index contributed by atoms with van der Waals surface area (Å²) in [4.78, 5) is 0. The van der Waals surface area contributed by atoms with Crippen LogP contribution in [0.3, 0.4) is 0 Å². The van der Waals surface area contributed by atoms with Crippen LogP contribution >= 0.6 is 0 Å². The first kappa shape index (κ1) is 16.5. The predicted octanol–water partition coefficient (Wildman–Crippen LogP) is 2.93. The molecule has 0 aromatic carbocycles. The first-order chi connectivity index (χ1) is 10.2. The van der Waals surface area contributed by atoms with Gasteiger partial charge >= 0.3 is 0 Å². The molecule has 120 valence electrons. The zero-order valence-corrected chi connectivity index (χ0v) is 13.8. The normalized spacial score (nSPS) is 23.0. The number of ether oxygens (including phenoxy) is 1. The van der Waals surface area contributed by atoms with E-state index in [1.807, 2.05) is 17.9 Å². The van der Waals surface area contributed by atoms with Crippen LogP contribution in [-0.4, -0.2) is 35.1 Å². The van der Waals surface area contributed by atoms with Gasteiger partial charge in [0, 0.05) is 31.6 Å². The highest BCUT2D eigenvalue weighted by molar-refractivity contribution is 5.00. The van der Waals surface area contributed by atoms with Crippen LogP contribution in [0, 0.1) is 5.92 Å². The molecule has 1 fully saturated rings. The van der Waals surface area contributed by atoms with E-state index < -0.39 is 0 Å². The zero-order chi connectivity index (χ0) is 15.1.